The lowest BCUT2D eigenvalue weighted by atomic mass is 9.82. The molecule has 0 saturated heterocycles. The van der Waals surface area contributed by atoms with Crippen molar-refractivity contribution < 1.29 is 4.74 Å². The van der Waals surface area contributed by atoms with Crippen LogP contribution in [0, 0.1) is 5.41 Å². The van der Waals surface area contributed by atoms with E-state index < -0.39 is 0 Å². The number of methoxy groups -OCH3 is 1. The number of hydrogen-bond acceptors (Lipinski definition) is 3. The van der Waals surface area contributed by atoms with Crippen molar-refractivity contribution in [3.63, 3.8) is 0 Å². The topological polar surface area (TPSA) is 21.3 Å². The Morgan fingerprint density at radius 3 is 2.53 bits per heavy atom. The van der Waals surface area contributed by atoms with Crippen LogP contribution in [0.4, 0.5) is 0 Å². The molecule has 2 unspecified atom stereocenters. The molecule has 1 aromatic heterocycles. The summed E-state index contributed by atoms with van der Waals surface area (Å²) >= 11 is 1.76. The van der Waals surface area contributed by atoms with E-state index in [1.165, 1.54) is 5.56 Å². The summed E-state index contributed by atoms with van der Waals surface area (Å²) < 4.78 is 5.72. The van der Waals surface area contributed by atoms with Gasteiger partial charge in [-0.3, -0.25) is 0 Å². The van der Waals surface area contributed by atoms with Crippen LogP contribution in [0.25, 0.3) is 0 Å². The third-order valence-corrected chi connectivity index (χ3v) is 3.71. The molecule has 0 aromatic carbocycles. The molecule has 0 aliphatic carbocycles. The van der Waals surface area contributed by atoms with Gasteiger partial charge in [0.05, 0.1) is 6.10 Å². The van der Waals surface area contributed by atoms with Gasteiger partial charge in [-0.25, -0.2) is 0 Å². The Morgan fingerprint density at radius 1 is 1.41 bits per heavy atom. The standard InChI is InChI=1S/C14H25NOS/c1-6-15-12(9-11-7-8-17-10-11)13(16-5)14(2,3)4/h7-8,10,12-13,15H,6,9H2,1-5H3. The highest BCUT2D eigenvalue weighted by Crippen LogP contribution is 2.26. The smallest absolute Gasteiger partial charge is 0.0775 e. The van der Waals surface area contributed by atoms with Gasteiger partial charge in [-0.05, 0) is 40.8 Å². The number of nitrogens with one attached hydrogen (secondary N) is 1. The zero-order valence-electron chi connectivity index (χ0n) is 11.6. The highest BCUT2D eigenvalue weighted by Gasteiger charge is 2.31. The fraction of sp³-hybridized carbons (Fsp3) is 0.714. The molecule has 0 aliphatic heterocycles. The molecule has 0 spiro atoms. The van der Waals surface area contributed by atoms with Gasteiger partial charge in [0, 0.05) is 13.2 Å². The molecule has 0 fully saturated rings. The van der Waals surface area contributed by atoms with Gasteiger partial charge in [-0.2, -0.15) is 11.3 Å². The maximum atomic E-state index is 5.72. The summed E-state index contributed by atoms with van der Waals surface area (Å²) in [5.74, 6) is 0. The SMILES string of the molecule is CCNC(Cc1ccsc1)C(OC)C(C)(C)C. The quantitative estimate of drug-likeness (QED) is 0.842. The summed E-state index contributed by atoms with van der Waals surface area (Å²) in [6.07, 6.45) is 1.26. The first-order valence-electron chi connectivity index (χ1n) is 6.26. The van der Waals surface area contributed by atoms with Gasteiger partial charge in [0.1, 0.15) is 0 Å². The van der Waals surface area contributed by atoms with E-state index >= 15 is 0 Å². The minimum Gasteiger partial charge on any atom is -0.379 e. The predicted octanol–water partition coefficient (Wildman–Crippen LogP) is 3.33. The molecule has 1 aromatic rings. The van der Waals surface area contributed by atoms with Gasteiger partial charge in [0.25, 0.3) is 0 Å². The van der Waals surface area contributed by atoms with Gasteiger partial charge >= 0.3 is 0 Å². The molecule has 2 atom stereocenters. The third kappa shape index (κ3) is 4.41. The molecule has 0 saturated carbocycles. The van der Waals surface area contributed by atoms with Gasteiger partial charge in [-0.1, -0.05) is 27.7 Å². The Morgan fingerprint density at radius 2 is 2.12 bits per heavy atom. The molecule has 1 heterocycles. The first kappa shape index (κ1) is 14.7. The van der Waals surface area contributed by atoms with Crippen molar-refractivity contribution in [3.8, 4) is 0 Å². The first-order valence-corrected chi connectivity index (χ1v) is 7.20. The zero-order chi connectivity index (χ0) is 12.9. The van der Waals surface area contributed by atoms with E-state index in [1.54, 1.807) is 11.3 Å². The Kier molecular flexibility index (Phi) is 5.63. The molecule has 17 heavy (non-hydrogen) atoms. The van der Waals surface area contributed by atoms with Crippen LogP contribution in [0.5, 0.6) is 0 Å². The molecule has 0 aliphatic rings. The second-order valence-corrected chi connectivity index (χ2v) is 6.30. The fourth-order valence-electron chi connectivity index (χ4n) is 2.33. The van der Waals surface area contributed by atoms with Crippen LogP contribution in [-0.4, -0.2) is 25.8 Å². The Labute approximate surface area is 109 Å². The van der Waals surface area contributed by atoms with Gasteiger partial charge in [0.15, 0.2) is 0 Å². The van der Waals surface area contributed by atoms with Gasteiger partial charge in [0.2, 0.25) is 0 Å². The molecule has 0 amide bonds. The van der Waals surface area contributed by atoms with Crippen molar-refractivity contribution in [1.82, 2.24) is 5.32 Å². The Hall–Kier alpha value is -0.380. The molecule has 3 heteroatoms. The highest BCUT2D eigenvalue weighted by atomic mass is 32.1. The number of hydrogen-bond donors (Lipinski definition) is 1. The van der Waals surface area contributed by atoms with Crippen molar-refractivity contribution in [2.24, 2.45) is 5.41 Å². The highest BCUT2D eigenvalue weighted by molar-refractivity contribution is 7.07. The summed E-state index contributed by atoms with van der Waals surface area (Å²) in [4.78, 5) is 0. The summed E-state index contributed by atoms with van der Waals surface area (Å²) in [5, 5.41) is 7.92. The van der Waals surface area contributed by atoms with E-state index in [9.17, 15) is 0 Å². The third-order valence-electron chi connectivity index (χ3n) is 2.97. The second kappa shape index (κ2) is 6.53. The monoisotopic (exact) mass is 255 g/mol. The summed E-state index contributed by atoms with van der Waals surface area (Å²) in [6, 6.07) is 2.57. The van der Waals surface area contributed by atoms with E-state index in [0.717, 1.165) is 13.0 Å². The van der Waals surface area contributed by atoms with Crippen molar-refractivity contribution in [1.29, 1.82) is 0 Å². The van der Waals surface area contributed by atoms with Crippen LogP contribution < -0.4 is 5.32 Å². The lowest BCUT2D eigenvalue weighted by Crippen LogP contribution is -2.48. The number of thiophene rings is 1. The Bertz CT molecular complexity index is 303. The number of likely N-dealkylation sites (N-methyl/N-ethyl adjacent to an activating group) is 1. The van der Waals surface area contributed by atoms with Crippen molar-refractivity contribution in [3.05, 3.63) is 22.4 Å². The average Bonchev–Trinajstić information content (AvgIpc) is 2.69. The normalized spacial score (nSPS) is 15.8. The Balaban J connectivity index is 2.76. The van der Waals surface area contributed by atoms with E-state index in [-0.39, 0.29) is 11.5 Å². The van der Waals surface area contributed by atoms with Crippen LogP contribution in [0.2, 0.25) is 0 Å². The van der Waals surface area contributed by atoms with E-state index in [4.69, 9.17) is 4.74 Å². The fourth-order valence-corrected chi connectivity index (χ4v) is 3.01. The summed E-state index contributed by atoms with van der Waals surface area (Å²) in [6.45, 7) is 9.83. The second-order valence-electron chi connectivity index (χ2n) is 5.52. The lowest BCUT2D eigenvalue weighted by Gasteiger charge is -2.36. The van der Waals surface area contributed by atoms with Crippen LogP contribution in [0.15, 0.2) is 16.8 Å². The van der Waals surface area contributed by atoms with E-state index in [1.807, 2.05) is 7.11 Å². The minimum atomic E-state index is 0.150. The molecule has 1 N–H and O–H groups in total. The maximum absolute atomic E-state index is 5.72. The van der Waals surface area contributed by atoms with E-state index in [0.29, 0.717) is 6.04 Å². The van der Waals surface area contributed by atoms with Crippen molar-refractivity contribution in [2.75, 3.05) is 13.7 Å². The maximum Gasteiger partial charge on any atom is 0.0775 e. The van der Waals surface area contributed by atoms with Gasteiger partial charge in [-0.15, -0.1) is 0 Å². The number of ether oxygens (including phenoxy) is 1. The van der Waals surface area contributed by atoms with Crippen LogP contribution in [0.3, 0.4) is 0 Å². The van der Waals surface area contributed by atoms with Crippen molar-refractivity contribution >= 4 is 11.3 Å². The predicted molar refractivity (Wildman–Crippen MR) is 75.7 cm³/mol. The molecule has 0 bridgehead atoms. The van der Waals surface area contributed by atoms with Gasteiger partial charge < -0.3 is 10.1 Å². The zero-order valence-corrected chi connectivity index (χ0v) is 12.4. The first-order chi connectivity index (χ1) is 7.99. The van der Waals surface area contributed by atoms with E-state index in [2.05, 4.69) is 49.8 Å². The summed E-state index contributed by atoms with van der Waals surface area (Å²) in [5.41, 5.74) is 1.55. The molecule has 1 rings (SSSR count). The molecule has 0 radical (unpaired) electrons. The van der Waals surface area contributed by atoms with Crippen molar-refractivity contribution in [2.45, 2.75) is 46.3 Å². The molecular weight excluding hydrogens is 230 g/mol. The largest absolute Gasteiger partial charge is 0.379 e. The molecular formula is C14H25NOS. The lowest BCUT2D eigenvalue weighted by molar-refractivity contribution is -0.0106. The summed E-state index contributed by atoms with van der Waals surface area (Å²) in [7, 11) is 1.81. The molecule has 98 valence electrons. The van der Waals surface area contributed by atoms with Crippen LogP contribution in [0.1, 0.15) is 33.3 Å². The van der Waals surface area contributed by atoms with Crippen LogP contribution >= 0.6 is 11.3 Å². The minimum absolute atomic E-state index is 0.150. The number of rotatable bonds is 6. The molecule has 2 nitrogen and oxygen atoms in total. The average molecular weight is 255 g/mol. The van der Waals surface area contributed by atoms with Crippen LogP contribution in [-0.2, 0) is 11.2 Å².